The van der Waals surface area contributed by atoms with Crippen LogP contribution >= 0.6 is 11.8 Å². The highest BCUT2D eigenvalue weighted by atomic mass is 32.2. The normalized spacial score (nSPS) is 13.4. The van der Waals surface area contributed by atoms with Crippen molar-refractivity contribution in [3.8, 4) is 0 Å². The second-order valence-electron chi connectivity index (χ2n) is 9.11. The number of unbranched alkanes of at least 4 members (excludes halogenated alkanes) is 15. The molecule has 0 saturated heterocycles. The zero-order valence-electron chi connectivity index (χ0n) is 20.1. The molecular weight excluding hydrogens is 378 g/mol. The molecule has 3 nitrogen and oxygen atoms in total. The maximum atomic E-state index is 12.3. The van der Waals surface area contributed by atoms with Gasteiger partial charge in [0.15, 0.2) is 0 Å². The quantitative estimate of drug-likeness (QED) is 0.196. The molecule has 0 aromatic carbocycles. The molecule has 4 heteroatoms. The number of hydrogen-bond acceptors (Lipinski definition) is 3. The lowest BCUT2D eigenvalue weighted by molar-refractivity contribution is -0.130. The first-order valence-electron chi connectivity index (χ1n) is 12.4. The van der Waals surface area contributed by atoms with Crippen molar-refractivity contribution >= 4 is 17.7 Å². The molecule has 1 N–H and O–H groups in total. The Morgan fingerprint density at radius 1 is 0.793 bits per heavy atom. The van der Waals surface area contributed by atoms with E-state index in [2.05, 4.69) is 6.92 Å². The Bertz CT molecular complexity index is 372. The van der Waals surface area contributed by atoms with Crippen LogP contribution in [0.3, 0.4) is 0 Å². The average Bonchev–Trinajstić information content (AvgIpc) is 2.73. The van der Waals surface area contributed by atoms with E-state index in [1.165, 1.54) is 96.3 Å². The fourth-order valence-corrected chi connectivity index (χ4v) is 4.07. The van der Waals surface area contributed by atoms with Crippen molar-refractivity contribution in [2.24, 2.45) is 0 Å². The Labute approximate surface area is 186 Å². The van der Waals surface area contributed by atoms with Crippen molar-refractivity contribution in [3.63, 3.8) is 0 Å². The fourth-order valence-electron chi connectivity index (χ4n) is 3.67. The van der Waals surface area contributed by atoms with Crippen LogP contribution in [0.1, 0.15) is 123 Å². The first-order valence-corrected chi connectivity index (χ1v) is 13.6. The molecule has 0 aliphatic carbocycles. The van der Waals surface area contributed by atoms with Crippen LogP contribution in [0.5, 0.6) is 0 Å². The first kappa shape index (κ1) is 28.8. The molecule has 0 aliphatic heterocycles. The highest BCUT2D eigenvalue weighted by Crippen LogP contribution is 2.26. The van der Waals surface area contributed by atoms with Gasteiger partial charge < -0.3 is 10.0 Å². The molecule has 0 aromatic heterocycles. The van der Waals surface area contributed by atoms with Gasteiger partial charge in [-0.3, -0.25) is 4.79 Å². The second-order valence-corrected chi connectivity index (χ2v) is 10.5. The van der Waals surface area contributed by atoms with E-state index in [0.29, 0.717) is 6.42 Å². The summed E-state index contributed by atoms with van der Waals surface area (Å²) >= 11 is 1.57. The van der Waals surface area contributed by atoms with E-state index >= 15 is 0 Å². The Morgan fingerprint density at radius 3 is 1.52 bits per heavy atom. The van der Waals surface area contributed by atoms with Crippen LogP contribution in [0, 0.1) is 0 Å². The lowest BCUT2D eigenvalue weighted by atomic mass is 10.0. The third-order valence-corrected chi connectivity index (χ3v) is 7.38. The van der Waals surface area contributed by atoms with E-state index in [1.807, 2.05) is 25.1 Å². The van der Waals surface area contributed by atoms with Gasteiger partial charge in [0.25, 0.3) is 0 Å². The topological polar surface area (TPSA) is 40.5 Å². The maximum Gasteiger partial charge on any atom is 0.223 e. The van der Waals surface area contributed by atoms with Gasteiger partial charge in [0.2, 0.25) is 5.91 Å². The number of hydrogen-bond donors (Lipinski definition) is 1. The van der Waals surface area contributed by atoms with Gasteiger partial charge in [-0.2, -0.15) is 11.8 Å². The van der Waals surface area contributed by atoms with Crippen LogP contribution in [0.2, 0.25) is 0 Å². The first-order chi connectivity index (χ1) is 14.0. The van der Waals surface area contributed by atoms with Crippen LogP contribution in [-0.4, -0.2) is 47.1 Å². The summed E-state index contributed by atoms with van der Waals surface area (Å²) in [4.78, 5) is 14.1. The summed E-state index contributed by atoms with van der Waals surface area (Å²) in [6.07, 6.45) is 24.3. The van der Waals surface area contributed by atoms with Crippen LogP contribution < -0.4 is 0 Å². The summed E-state index contributed by atoms with van der Waals surface area (Å²) in [6, 6.07) is 0. The summed E-state index contributed by atoms with van der Waals surface area (Å²) in [5, 5.41) is 9.45. The Hall–Kier alpha value is -0.220. The standard InChI is InChI=1S/C25H51NO2S/c1-5-6-7-8-9-10-11-12-13-14-15-16-17-18-19-20-21-26(3)24(28)22-25(2,23-27)29-4/h27H,5-23H2,1-4H3. The summed E-state index contributed by atoms with van der Waals surface area (Å²) in [5.41, 5.74) is 0. The molecule has 0 fully saturated rings. The van der Waals surface area contributed by atoms with E-state index in [4.69, 9.17) is 0 Å². The fraction of sp³-hybridized carbons (Fsp3) is 0.960. The third kappa shape index (κ3) is 17.2. The van der Waals surface area contributed by atoms with E-state index in [-0.39, 0.29) is 17.3 Å². The molecular formula is C25H51NO2S. The summed E-state index contributed by atoms with van der Waals surface area (Å²) < 4.78 is -0.347. The molecule has 0 bridgehead atoms. The van der Waals surface area contributed by atoms with Crippen molar-refractivity contribution in [1.82, 2.24) is 4.90 Å². The van der Waals surface area contributed by atoms with Crippen LogP contribution in [-0.2, 0) is 4.79 Å². The minimum atomic E-state index is -0.347. The van der Waals surface area contributed by atoms with Gasteiger partial charge in [-0.1, -0.05) is 103 Å². The summed E-state index contributed by atoms with van der Waals surface area (Å²) in [7, 11) is 1.89. The highest BCUT2D eigenvalue weighted by Gasteiger charge is 2.27. The molecule has 0 saturated carbocycles. The molecule has 0 aliphatic rings. The number of amides is 1. The van der Waals surface area contributed by atoms with Crippen molar-refractivity contribution < 1.29 is 9.90 Å². The number of aliphatic hydroxyl groups is 1. The van der Waals surface area contributed by atoms with Crippen LogP contribution in [0.15, 0.2) is 0 Å². The lowest BCUT2D eigenvalue weighted by Crippen LogP contribution is -2.36. The SMILES string of the molecule is CCCCCCCCCCCCCCCCCCN(C)C(=O)CC(C)(CO)SC. The van der Waals surface area contributed by atoms with Gasteiger partial charge in [0.05, 0.1) is 6.61 Å². The van der Waals surface area contributed by atoms with E-state index in [9.17, 15) is 9.90 Å². The number of carbonyl (C=O) groups excluding carboxylic acids is 1. The zero-order chi connectivity index (χ0) is 21.8. The molecule has 0 spiro atoms. The Morgan fingerprint density at radius 2 is 1.17 bits per heavy atom. The van der Waals surface area contributed by atoms with E-state index in [0.717, 1.165) is 13.0 Å². The predicted molar refractivity (Wildman–Crippen MR) is 131 cm³/mol. The monoisotopic (exact) mass is 429 g/mol. The van der Waals surface area contributed by atoms with Crippen molar-refractivity contribution in [1.29, 1.82) is 0 Å². The Kier molecular flexibility index (Phi) is 19.6. The number of rotatable bonds is 21. The molecule has 1 atom stereocenters. The molecule has 29 heavy (non-hydrogen) atoms. The molecule has 0 aromatic rings. The Balaban J connectivity index is 3.39. The van der Waals surface area contributed by atoms with E-state index < -0.39 is 0 Å². The van der Waals surface area contributed by atoms with Crippen molar-refractivity contribution in [2.45, 2.75) is 128 Å². The smallest absolute Gasteiger partial charge is 0.223 e. The zero-order valence-corrected chi connectivity index (χ0v) is 21.0. The molecule has 174 valence electrons. The maximum absolute atomic E-state index is 12.3. The molecule has 1 unspecified atom stereocenters. The van der Waals surface area contributed by atoms with Crippen LogP contribution in [0.4, 0.5) is 0 Å². The number of aliphatic hydroxyl groups excluding tert-OH is 1. The summed E-state index contributed by atoms with van der Waals surface area (Å²) in [5.74, 6) is 0.150. The average molecular weight is 430 g/mol. The molecule has 0 heterocycles. The largest absolute Gasteiger partial charge is 0.395 e. The number of nitrogens with zero attached hydrogens (tertiary/aromatic N) is 1. The highest BCUT2D eigenvalue weighted by molar-refractivity contribution is 8.00. The second kappa shape index (κ2) is 19.7. The molecule has 1 amide bonds. The van der Waals surface area contributed by atoms with Crippen molar-refractivity contribution in [2.75, 3.05) is 26.5 Å². The van der Waals surface area contributed by atoms with Gasteiger partial charge in [-0.15, -0.1) is 0 Å². The van der Waals surface area contributed by atoms with E-state index in [1.54, 1.807) is 11.8 Å². The van der Waals surface area contributed by atoms with Gasteiger partial charge in [-0.25, -0.2) is 0 Å². The number of carbonyl (C=O) groups is 1. The summed E-state index contributed by atoms with van der Waals surface area (Å²) in [6.45, 7) is 5.13. The van der Waals surface area contributed by atoms with Gasteiger partial charge in [0, 0.05) is 24.8 Å². The van der Waals surface area contributed by atoms with Gasteiger partial charge >= 0.3 is 0 Å². The van der Waals surface area contributed by atoms with Gasteiger partial charge in [0.1, 0.15) is 0 Å². The minimum absolute atomic E-state index is 0.0484. The third-order valence-electron chi connectivity index (χ3n) is 6.13. The lowest BCUT2D eigenvalue weighted by Gasteiger charge is -2.27. The van der Waals surface area contributed by atoms with Gasteiger partial charge in [-0.05, 0) is 19.6 Å². The predicted octanol–water partition coefficient (Wildman–Crippen LogP) is 7.21. The molecule has 0 rings (SSSR count). The van der Waals surface area contributed by atoms with Crippen LogP contribution in [0.25, 0.3) is 0 Å². The molecule has 0 radical (unpaired) electrons. The minimum Gasteiger partial charge on any atom is -0.395 e. The van der Waals surface area contributed by atoms with Crippen molar-refractivity contribution in [3.05, 3.63) is 0 Å². The number of thioether (sulfide) groups is 1.